The first-order chi connectivity index (χ1) is 16.3. The van der Waals surface area contributed by atoms with Crippen LogP contribution in [-0.4, -0.2) is 48.0 Å². The second-order valence-electron chi connectivity index (χ2n) is 8.15. The van der Waals surface area contributed by atoms with E-state index >= 15 is 0 Å². The second kappa shape index (κ2) is 9.63. The molecule has 9 nitrogen and oxygen atoms in total. The van der Waals surface area contributed by atoms with E-state index < -0.39 is 10.8 Å². The van der Waals surface area contributed by atoms with Crippen LogP contribution in [-0.2, 0) is 9.59 Å². The van der Waals surface area contributed by atoms with E-state index in [-0.39, 0.29) is 24.0 Å². The lowest BCUT2D eigenvalue weighted by Gasteiger charge is -2.14. The van der Waals surface area contributed by atoms with Gasteiger partial charge in [0.05, 0.1) is 22.9 Å². The average Bonchev–Trinajstić information content (AvgIpc) is 3.13. The third kappa shape index (κ3) is 5.00. The number of benzene rings is 3. The number of non-ortho nitro benzene ring substituents is 1. The molecular formula is C25H23N5O4. The van der Waals surface area contributed by atoms with Crippen LogP contribution in [0.25, 0.3) is 0 Å². The van der Waals surface area contributed by atoms with Crippen LogP contribution < -0.4 is 10.6 Å². The molecule has 1 atom stereocenters. The minimum atomic E-state index is -0.809. The highest BCUT2D eigenvalue weighted by Gasteiger charge is 2.36. The smallest absolute Gasteiger partial charge is 0.269 e. The first-order valence-electron chi connectivity index (χ1n) is 10.6. The van der Waals surface area contributed by atoms with Crippen LogP contribution in [0.2, 0.25) is 0 Å². The van der Waals surface area contributed by atoms with E-state index in [1.54, 1.807) is 35.2 Å². The zero-order valence-electron chi connectivity index (χ0n) is 18.7. The summed E-state index contributed by atoms with van der Waals surface area (Å²) in [6.45, 7) is 0.264. The van der Waals surface area contributed by atoms with Gasteiger partial charge in [0.1, 0.15) is 5.92 Å². The van der Waals surface area contributed by atoms with E-state index in [9.17, 15) is 19.7 Å². The van der Waals surface area contributed by atoms with Gasteiger partial charge in [-0.25, -0.2) is 0 Å². The van der Waals surface area contributed by atoms with E-state index in [0.717, 1.165) is 5.56 Å². The molecule has 1 heterocycles. The molecule has 3 aromatic rings. The molecule has 1 aliphatic rings. The fourth-order valence-electron chi connectivity index (χ4n) is 3.78. The lowest BCUT2D eigenvalue weighted by Crippen LogP contribution is -2.27. The van der Waals surface area contributed by atoms with Crippen molar-refractivity contribution < 1.29 is 14.5 Å². The second-order valence-corrected chi connectivity index (χ2v) is 8.15. The number of fused-ring (bicyclic) bond motifs is 1. The van der Waals surface area contributed by atoms with Crippen LogP contribution in [0.3, 0.4) is 0 Å². The number of hydrogen-bond donors (Lipinski definition) is 2. The van der Waals surface area contributed by atoms with Crippen LogP contribution in [0, 0.1) is 10.1 Å². The molecule has 3 aromatic carbocycles. The highest BCUT2D eigenvalue weighted by atomic mass is 16.6. The predicted molar refractivity (Wildman–Crippen MR) is 131 cm³/mol. The van der Waals surface area contributed by atoms with Gasteiger partial charge >= 0.3 is 0 Å². The number of carbonyl (C=O) groups is 2. The van der Waals surface area contributed by atoms with E-state index in [0.29, 0.717) is 28.3 Å². The van der Waals surface area contributed by atoms with Crippen molar-refractivity contribution in [3.8, 4) is 0 Å². The van der Waals surface area contributed by atoms with E-state index in [1.165, 1.54) is 12.1 Å². The molecule has 0 saturated heterocycles. The number of amides is 2. The summed E-state index contributed by atoms with van der Waals surface area (Å²) in [4.78, 5) is 42.4. The fourth-order valence-corrected chi connectivity index (χ4v) is 3.78. The maximum Gasteiger partial charge on any atom is 0.269 e. The van der Waals surface area contributed by atoms with Gasteiger partial charge in [-0.15, -0.1) is 0 Å². The number of nitrogens with zero attached hydrogens (tertiary/aromatic N) is 3. The molecule has 0 fully saturated rings. The van der Waals surface area contributed by atoms with Crippen LogP contribution in [0.1, 0.15) is 17.0 Å². The third-order valence-corrected chi connectivity index (χ3v) is 5.28. The molecule has 4 rings (SSSR count). The van der Waals surface area contributed by atoms with E-state index in [1.807, 2.05) is 44.4 Å². The minimum absolute atomic E-state index is 0.0921. The van der Waals surface area contributed by atoms with Crippen LogP contribution in [0.15, 0.2) is 77.8 Å². The Kier molecular flexibility index (Phi) is 6.46. The van der Waals surface area contributed by atoms with Gasteiger partial charge in [-0.1, -0.05) is 30.3 Å². The van der Waals surface area contributed by atoms with Crippen molar-refractivity contribution in [3.63, 3.8) is 0 Å². The average molecular weight is 457 g/mol. The Balaban J connectivity index is 1.72. The third-order valence-electron chi connectivity index (χ3n) is 5.28. The van der Waals surface area contributed by atoms with E-state index in [2.05, 4.69) is 10.6 Å². The van der Waals surface area contributed by atoms with Crippen molar-refractivity contribution >= 4 is 40.3 Å². The summed E-state index contributed by atoms with van der Waals surface area (Å²) < 4.78 is 0. The Labute approximate surface area is 196 Å². The maximum atomic E-state index is 13.0. The first kappa shape index (κ1) is 22.8. The molecule has 0 spiro atoms. The van der Waals surface area contributed by atoms with Crippen LogP contribution >= 0.6 is 0 Å². The largest absolute Gasteiger partial charge is 0.325 e. The Bertz CT molecular complexity index is 1270. The number of carbonyl (C=O) groups excluding carboxylic acids is 2. The lowest BCUT2D eigenvalue weighted by atomic mass is 9.90. The molecule has 0 radical (unpaired) electrons. The number of nitrogens with one attached hydrogen (secondary N) is 2. The number of aliphatic imine (C=N–C) groups is 1. The van der Waals surface area contributed by atoms with Crippen molar-refractivity contribution in [2.45, 2.75) is 5.92 Å². The van der Waals surface area contributed by atoms with E-state index in [4.69, 9.17) is 4.99 Å². The lowest BCUT2D eigenvalue weighted by molar-refractivity contribution is -0.384. The van der Waals surface area contributed by atoms with Gasteiger partial charge in [0, 0.05) is 29.1 Å². The summed E-state index contributed by atoms with van der Waals surface area (Å²) in [6.07, 6.45) is 0. The van der Waals surface area contributed by atoms with Crippen LogP contribution in [0.5, 0.6) is 0 Å². The molecule has 2 N–H and O–H groups in total. The van der Waals surface area contributed by atoms with Gasteiger partial charge in [0.25, 0.3) is 5.69 Å². The molecule has 1 aliphatic heterocycles. The molecule has 9 heteroatoms. The van der Waals surface area contributed by atoms with Crippen LogP contribution in [0.4, 0.5) is 22.7 Å². The van der Waals surface area contributed by atoms with Gasteiger partial charge in [-0.3, -0.25) is 24.7 Å². The number of anilines is 2. The molecule has 0 aromatic heterocycles. The molecule has 0 bridgehead atoms. The normalized spacial score (nSPS) is 15.1. The number of likely N-dealkylation sites (N-methyl/N-ethyl adjacent to an activating group) is 1. The van der Waals surface area contributed by atoms with Crippen molar-refractivity contribution in [1.29, 1.82) is 0 Å². The molecule has 172 valence electrons. The maximum absolute atomic E-state index is 13.0. The Hall–Kier alpha value is -4.37. The topological polar surface area (TPSA) is 117 Å². The number of nitro groups is 1. The summed E-state index contributed by atoms with van der Waals surface area (Å²) in [6, 6.07) is 20.5. The van der Waals surface area contributed by atoms with Crippen molar-refractivity contribution in [3.05, 3.63) is 94.0 Å². The summed E-state index contributed by atoms with van der Waals surface area (Å²) in [7, 11) is 3.63. The van der Waals surface area contributed by atoms with Gasteiger partial charge in [-0.05, 0) is 50.0 Å². The van der Waals surface area contributed by atoms with Gasteiger partial charge in [0.15, 0.2) is 0 Å². The molecular weight excluding hydrogens is 434 g/mol. The van der Waals surface area contributed by atoms with Crippen molar-refractivity contribution in [2.75, 3.05) is 31.3 Å². The standard InChI is InChI=1S/C25H23N5O4/c1-29(2)15-22(31)26-17-8-10-18(11-9-17)27-24(16-6-4-3-5-7-16)23-20-14-19(30(33)34)12-13-21(20)28-25(23)32/h3-14,23H,15H2,1-2H3,(H,26,31)(H,28,32). The summed E-state index contributed by atoms with van der Waals surface area (Å²) in [5.41, 5.74) is 3.36. The molecule has 0 saturated carbocycles. The van der Waals surface area contributed by atoms with Gasteiger partial charge in [0.2, 0.25) is 11.8 Å². The quantitative estimate of drug-likeness (QED) is 0.316. The number of rotatable bonds is 7. The Morgan fingerprint density at radius 3 is 2.44 bits per heavy atom. The van der Waals surface area contributed by atoms with Gasteiger partial charge < -0.3 is 15.5 Å². The Morgan fingerprint density at radius 1 is 1.09 bits per heavy atom. The monoisotopic (exact) mass is 457 g/mol. The minimum Gasteiger partial charge on any atom is -0.325 e. The highest BCUT2D eigenvalue weighted by molar-refractivity contribution is 6.24. The zero-order valence-corrected chi connectivity index (χ0v) is 18.7. The molecule has 1 unspecified atom stereocenters. The molecule has 2 amide bonds. The highest BCUT2D eigenvalue weighted by Crippen LogP contribution is 2.38. The molecule has 0 aliphatic carbocycles. The van der Waals surface area contributed by atoms with Crippen molar-refractivity contribution in [1.82, 2.24) is 4.90 Å². The fraction of sp³-hybridized carbons (Fsp3) is 0.160. The van der Waals surface area contributed by atoms with Crippen molar-refractivity contribution in [2.24, 2.45) is 4.99 Å². The summed E-state index contributed by atoms with van der Waals surface area (Å²) >= 11 is 0. The zero-order chi connectivity index (χ0) is 24.2. The SMILES string of the molecule is CN(C)CC(=O)Nc1ccc(N=C(c2ccccc2)C2C(=O)Nc3ccc([N+](=O)[O-])cc32)cc1. The number of hydrogen-bond acceptors (Lipinski definition) is 6. The summed E-state index contributed by atoms with van der Waals surface area (Å²) in [5.74, 6) is -1.24. The van der Waals surface area contributed by atoms with Gasteiger partial charge in [-0.2, -0.15) is 0 Å². The Morgan fingerprint density at radius 2 is 1.79 bits per heavy atom. The molecule has 34 heavy (non-hydrogen) atoms. The summed E-state index contributed by atoms with van der Waals surface area (Å²) in [5, 5.41) is 16.9. The predicted octanol–water partition coefficient (Wildman–Crippen LogP) is 3.95. The number of nitro benzene ring substituents is 1. The first-order valence-corrected chi connectivity index (χ1v) is 10.6.